The molecule has 2 aliphatic heterocycles. The fraction of sp³-hybridized carbons (Fsp3) is 0.579. The Morgan fingerprint density at radius 2 is 2.14 bits per heavy atom. The van der Waals surface area contributed by atoms with Crippen LogP contribution in [-0.4, -0.2) is 60.1 Å². The van der Waals surface area contributed by atoms with Gasteiger partial charge < -0.3 is 20.3 Å². The smallest absolute Gasteiger partial charge is 0.322 e. The Kier molecular flexibility index (Phi) is 8.05. The number of imide groups is 1. The van der Waals surface area contributed by atoms with E-state index in [9.17, 15) is 9.59 Å². The first kappa shape index (κ1) is 23.2. The minimum atomic E-state index is -0.831. The molecule has 0 spiro atoms. The van der Waals surface area contributed by atoms with Gasteiger partial charge in [0.1, 0.15) is 5.54 Å². The summed E-state index contributed by atoms with van der Waals surface area (Å²) in [6.07, 6.45) is 3.30. The number of amides is 3. The van der Waals surface area contributed by atoms with Gasteiger partial charge in [0.25, 0.3) is 5.91 Å². The molecule has 0 saturated carbocycles. The van der Waals surface area contributed by atoms with Crippen LogP contribution in [-0.2, 0) is 11.3 Å². The largest absolute Gasteiger partial charge is 0.478 e. The summed E-state index contributed by atoms with van der Waals surface area (Å²) in [6, 6.07) is 3.45. The quantitative estimate of drug-likeness (QED) is 0.237. The number of carbonyl (C=O) groups excluding carboxylic acids is 2. The molecule has 3 N–H and O–H groups in total. The zero-order valence-electron chi connectivity index (χ0n) is 17.0. The number of aromatic nitrogens is 1. The van der Waals surface area contributed by atoms with Crippen LogP contribution in [0.4, 0.5) is 4.79 Å². The lowest BCUT2D eigenvalue weighted by molar-refractivity contribution is -0.125. The Labute approximate surface area is 188 Å². The summed E-state index contributed by atoms with van der Waals surface area (Å²) in [5, 5.41) is 8.51. The molecule has 2 fully saturated rings. The fourth-order valence-corrected chi connectivity index (χ4v) is 3.84. The number of nitrogens with zero attached hydrogens (tertiary/aromatic N) is 3. The van der Waals surface area contributed by atoms with Gasteiger partial charge in [-0.1, -0.05) is 6.07 Å². The lowest BCUT2D eigenvalue weighted by Gasteiger charge is -2.39. The van der Waals surface area contributed by atoms with E-state index >= 15 is 0 Å². The maximum atomic E-state index is 12.2. The van der Waals surface area contributed by atoms with Crippen LogP contribution < -0.4 is 20.7 Å². The number of aliphatic imine (C=N–C) groups is 1. The number of rotatable bonds is 5. The molecule has 3 rings (SSSR count). The summed E-state index contributed by atoms with van der Waals surface area (Å²) in [7, 11) is 1.76. The number of piperidine rings is 1. The highest BCUT2D eigenvalue weighted by molar-refractivity contribution is 14.0. The lowest BCUT2D eigenvalue weighted by Crippen LogP contribution is -2.55. The minimum absolute atomic E-state index is 0. The van der Waals surface area contributed by atoms with Gasteiger partial charge in [-0.3, -0.25) is 15.1 Å². The molecule has 10 heteroatoms. The first-order valence-corrected chi connectivity index (χ1v) is 9.63. The summed E-state index contributed by atoms with van der Waals surface area (Å²) < 4.78 is 5.57. The number of carbonyl (C=O) groups is 2. The molecule has 1 unspecified atom stereocenters. The van der Waals surface area contributed by atoms with Crippen LogP contribution in [0.3, 0.4) is 0 Å². The van der Waals surface area contributed by atoms with Crippen LogP contribution >= 0.6 is 24.0 Å². The minimum Gasteiger partial charge on any atom is -0.478 e. The molecular formula is C19H29IN6O3. The average Bonchev–Trinajstić information content (AvgIpc) is 2.96. The lowest BCUT2D eigenvalue weighted by atomic mass is 9.79. The number of halogens is 1. The second-order valence-corrected chi connectivity index (χ2v) is 7.17. The van der Waals surface area contributed by atoms with E-state index in [1.54, 1.807) is 20.2 Å². The van der Waals surface area contributed by atoms with Gasteiger partial charge >= 0.3 is 6.03 Å². The molecule has 29 heavy (non-hydrogen) atoms. The SMILES string of the molecule is CCOc1ncccc1CNC(=NC)N1CCC(C2(C)NC(=O)NC2=O)CC1.I. The second kappa shape index (κ2) is 10.1. The zero-order chi connectivity index (χ0) is 20.1. The normalized spacial score (nSPS) is 22.6. The maximum Gasteiger partial charge on any atom is 0.322 e. The van der Waals surface area contributed by atoms with E-state index in [1.807, 2.05) is 19.1 Å². The molecular weight excluding hydrogens is 487 g/mol. The van der Waals surface area contributed by atoms with Crippen molar-refractivity contribution in [1.29, 1.82) is 0 Å². The van der Waals surface area contributed by atoms with Gasteiger partial charge in [-0.05, 0) is 38.7 Å². The Balaban J connectivity index is 0.00000300. The van der Waals surface area contributed by atoms with Gasteiger partial charge in [0, 0.05) is 38.4 Å². The van der Waals surface area contributed by atoms with Crippen LogP contribution in [0.2, 0.25) is 0 Å². The Morgan fingerprint density at radius 1 is 1.41 bits per heavy atom. The summed E-state index contributed by atoms with van der Waals surface area (Å²) in [6.45, 7) is 6.38. The number of nitrogens with one attached hydrogen (secondary N) is 3. The Bertz CT molecular complexity index is 766. The summed E-state index contributed by atoms with van der Waals surface area (Å²) in [5.74, 6) is 1.28. The molecule has 0 aliphatic carbocycles. The molecule has 0 aromatic carbocycles. The van der Waals surface area contributed by atoms with E-state index in [-0.39, 0.29) is 35.8 Å². The molecule has 2 aliphatic rings. The third kappa shape index (κ3) is 5.09. The van der Waals surface area contributed by atoms with Crippen molar-refractivity contribution >= 4 is 41.9 Å². The first-order chi connectivity index (χ1) is 13.5. The molecule has 2 saturated heterocycles. The van der Waals surface area contributed by atoms with Crippen LogP contribution in [0.25, 0.3) is 0 Å². The predicted molar refractivity (Wildman–Crippen MR) is 120 cm³/mol. The Morgan fingerprint density at radius 3 is 2.72 bits per heavy atom. The van der Waals surface area contributed by atoms with Gasteiger partial charge in [-0.2, -0.15) is 0 Å². The van der Waals surface area contributed by atoms with Crippen molar-refractivity contribution in [3.05, 3.63) is 23.9 Å². The molecule has 0 radical (unpaired) electrons. The van der Waals surface area contributed by atoms with Crippen LogP contribution in [0.15, 0.2) is 23.3 Å². The highest BCUT2D eigenvalue weighted by Crippen LogP contribution is 2.30. The molecule has 1 aromatic heterocycles. The highest BCUT2D eigenvalue weighted by Gasteiger charge is 2.48. The van der Waals surface area contributed by atoms with Gasteiger partial charge in [0.15, 0.2) is 5.96 Å². The number of likely N-dealkylation sites (tertiary alicyclic amines) is 1. The van der Waals surface area contributed by atoms with Crippen molar-refractivity contribution in [3.63, 3.8) is 0 Å². The van der Waals surface area contributed by atoms with E-state index in [0.29, 0.717) is 19.0 Å². The molecule has 0 bridgehead atoms. The van der Waals surface area contributed by atoms with E-state index in [1.165, 1.54) is 0 Å². The number of urea groups is 1. The van der Waals surface area contributed by atoms with Gasteiger partial charge in [0.2, 0.25) is 5.88 Å². The molecule has 160 valence electrons. The monoisotopic (exact) mass is 516 g/mol. The number of hydrogen-bond acceptors (Lipinski definition) is 5. The predicted octanol–water partition coefficient (Wildman–Crippen LogP) is 1.48. The molecule has 3 heterocycles. The molecule has 3 amide bonds. The number of pyridine rings is 1. The van der Waals surface area contributed by atoms with E-state index in [0.717, 1.165) is 37.5 Å². The average molecular weight is 516 g/mol. The maximum absolute atomic E-state index is 12.2. The number of ether oxygens (including phenoxy) is 1. The van der Waals surface area contributed by atoms with E-state index < -0.39 is 11.6 Å². The zero-order valence-corrected chi connectivity index (χ0v) is 19.4. The van der Waals surface area contributed by atoms with Crippen molar-refractivity contribution in [1.82, 2.24) is 25.8 Å². The second-order valence-electron chi connectivity index (χ2n) is 7.17. The van der Waals surface area contributed by atoms with Gasteiger partial charge in [-0.15, -0.1) is 24.0 Å². The van der Waals surface area contributed by atoms with Gasteiger partial charge in [0.05, 0.1) is 6.61 Å². The highest BCUT2D eigenvalue weighted by atomic mass is 127. The summed E-state index contributed by atoms with van der Waals surface area (Å²) in [4.78, 5) is 34.5. The van der Waals surface area contributed by atoms with Crippen molar-refractivity contribution in [2.75, 3.05) is 26.7 Å². The van der Waals surface area contributed by atoms with Crippen molar-refractivity contribution in [2.45, 2.75) is 38.8 Å². The van der Waals surface area contributed by atoms with Gasteiger partial charge in [-0.25, -0.2) is 9.78 Å². The van der Waals surface area contributed by atoms with Crippen LogP contribution in [0.1, 0.15) is 32.3 Å². The van der Waals surface area contributed by atoms with E-state index in [4.69, 9.17) is 4.74 Å². The number of hydrogen-bond donors (Lipinski definition) is 3. The molecule has 9 nitrogen and oxygen atoms in total. The van der Waals surface area contributed by atoms with Crippen molar-refractivity contribution < 1.29 is 14.3 Å². The molecule has 1 aromatic rings. The number of guanidine groups is 1. The van der Waals surface area contributed by atoms with Crippen molar-refractivity contribution in [2.24, 2.45) is 10.9 Å². The summed E-state index contributed by atoms with van der Waals surface area (Å²) >= 11 is 0. The molecule has 1 atom stereocenters. The third-order valence-corrected chi connectivity index (χ3v) is 5.46. The Hall–Kier alpha value is -2.11. The van der Waals surface area contributed by atoms with Crippen LogP contribution in [0.5, 0.6) is 5.88 Å². The third-order valence-electron chi connectivity index (χ3n) is 5.46. The van der Waals surface area contributed by atoms with Crippen LogP contribution in [0, 0.1) is 5.92 Å². The van der Waals surface area contributed by atoms with E-state index in [2.05, 4.69) is 30.8 Å². The van der Waals surface area contributed by atoms with Crippen molar-refractivity contribution in [3.8, 4) is 5.88 Å². The first-order valence-electron chi connectivity index (χ1n) is 9.63. The summed E-state index contributed by atoms with van der Waals surface area (Å²) in [5.41, 5.74) is 0.139. The fourth-order valence-electron chi connectivity index (χ4n) is 3.84. The topological polar surface area (TPSA) is 108 Å². The standard InChI is InChI=1S/C19H28N6O3.HI/c1-4-28-15-13(6-5-9-21-15)12-22-17(20-3)25-10-7-14(8-11-25)19(2)16(26)23-18(27)24-19;/h5-6,9,14H,4,7-8,10-12H2,1-3H3,(H,20,22)(H2,23,24,26,27);1H.